The number of carbonyl (C=O) groups excluding carboxylic acids is 2. The van der Waals surface area contributed by atoms with E-state index in [9.17, 15) is 60.3 Å². The second kappa shape index (κ2) is 18.3. The largest absolute Gasteiger partial charge is 0.479 e. The number of terminal acetylenes is 1. The van der Waals surface area contributed by atoms with Crippen LogP contribution in [0.1, 0.15) is 106 Å². The van der Waals surface area contributed by atoms with Crippen LogP contribution in [0.4, 0.5) is 0 Å². The van der Waals surface area contributed by atoms with Gasteiger partial charge in [0.15, 0.2) is 25.0 Å². The zero-order valence-electron chi connectivity index (χ0n) is 39.3. The molecule has 67 heavy (non-hydrogen) atoms. The van der Waals surface area contributed by atoms with Crippen LogP contribution in [0.15, 0.2) is 11.6 Å². The SMILES string of the molecule is C#C[C@]1(C)CC[C@]2(C(C)=O)CCC3C(=CCC4[C@@]3(C)CCC3[C@]4(C)CC[C@H](O[C@@H]4O[C@H](C(=O)O)[C@@H](O)[C@H](O[C@@H]5O[C@@H](C)[C@H](O)[C@@H](O)[C@H]5O)[C@H]4O[C@@H]4O[C@H](CO)[C@H](O)[C@H](O)[C@H]4O)[C@@]3(C)C=O)[C@@H]2C1. The Balaban J connectivity index is 1.11. The third-order valence-corrected chi connectivity index (χ3v) is 18.9. The monoisotopic (exact) mass is 948 g/mol. The normalized spacial score (nSPS) is 54.2. The van der Waals surface area contributed by atoms with Crippen molar-refractivity contribution >= 4 is 18.0 Å². The van der Waals surface area contributed by atoms with E-state index in [1.165, 1.54) is 12.5 Å². The van der Waals surface area contributed by atoms with Crippen molar-refractivity contribution in [1.82, 2.24) is 0 Å². The van der Waals surface area contributed by atoms with Crippen LogP contribution >= 0.6 is 0 Å². The molecule has 0 aromatic heterocycles. The van der Waals surface area contributed by atoms with E-state index < -0.39 is 122 Å². The van der Waals surface area contributed by atoms with E-state index in [2.05, 4.69) is 32.8 Å². The van der Waals surface area contributed by atoms with Crippen LogP contribution < -0.4 is 0 Å². The number of fused-ring (bicyclic) bond motifs is 7. The average molecular weight is 949 g/mol. The van der Waals surface area contributed by atoms with Crippen molar-refractivity contribution in [3.05, 3.63) is 11.6 Å². The maximum Gasteiger partial charge on any atom is 0.335 e. The van der Waals surface area contributed by atoms with Crippen LogP contribution in [0, 0.1) is 63.1 Å². The van der Waals surface area contributed by atoms with E-state index in [1.54, 1.807) is 6.92 Å². The van der Waals surface area contributed by atoms with E-state index in [0.717, 1.165) is 51.2 Å². The minimum atomic E-state index is -2.12. The Bertz CT molecular complexity index is 1960. The van der Waals surface area contributed by atoms with E-state index >= 15 is 0 Å². The van der Waals surface area contributed by atoms with E-state index in [4.69, 9.17) is 34.8 Å². The smallest absolute Gasteiger partial charge is 0.335 e. The summed E-state index contributed by atoms with van der Waals surface area (Å²) in [7, 11) is 0. The Kier molecular flexibility index (Phi) is 13.9. The van der Waals surface area contributed by atoms with Crippen molar-refractivity contribution in [1.29, 1.82) is 0 Å². The fourth-order valence-electron chi connectivity index (χ4n) is 14.8. The molecule has 0 aromatic rings. The average Bonchev–Trinajstić information content (AvgIpc) is 3.29. The number of ketones is 1. The van der Waals surface area contributed by atoms with Crippen molar-refractivity contribution in [3.63, 3.8) is 0 Å². The van der Waals surface area contributed by atoms with Crippen LogP contribution in [-0.4, -0.2) is 169 Å². The molecule has 9 N–H and O–H groups in total. The number of aldehydes is 1. The topological polar surface area (TPSA) is 289 Å². The maximum atomic E-state index is 13.8. The Morgan fingerprint density at radius 1 is 0.746 bits per heavy atom. The Morgan fingerprint density at radius 3 is 2.01 bits per heavy atom. The van der Waals surface area contributed by atoms with E-state index in [0.29, 0.717) is 12.8 Å². The third-order valence-electron chi connectivity index (χ3n) is 18.9. The molecule has 8 aliphatic rings. The fourth-order valence-corrected chi connectivity index (χ4v) is 14.8. The molecule has 7 fully saturated rings. The number of carboxylic acid groups (broad SMARTS) is 1. The van der Waals surface area contributed by atoms with E-state index in [-0.39, 0.29) is 52.1 Å². The maximum absolute atomic E-state index is 13.8. The Morgan fingerprint density at radius 2 is 1.39 bits per heavy atom. The summed E-state index contributed by atoms with van der Waals surface area (Å²) in [6.45, 7) is 10.9. The molecule has 3 heterocycles. The lowest BCUT2D eigenvalue weighted by Gasteiger charge is -2.68. The number of aliphatic hydroxyl groups is 8. The number of Topliss-reactive ketones (excluding diaryl/α,β-unsaturated/α-hetero) is 1. The standard InChI is InChI=1S/C49H72O18/c1-8-45(4)17-18-49(23(3)52)16-11-25-24(26(49)19-45)9-10-28-46(25,5)14-12-29-47(28,6)15-13-30(48(29,7)21-51)64-44-40(67-43-36(58)34(56)32(54)27(20-50)63-43)38(37(59)39(66-44)41(60)61)65-42-35(57)33(55)31(53)22(2)62-42/h1,9,21-22,25-40,42-44,50,53-59H,10-20H2,2-7H3,(H,60,61)/t22-,25?,26-,27+,28?,29?,30-,31-,32-,33+,34-,35+,36+,37-,38-,39-,40+,42-,43-,44+,45+,46-,47+,48-,49-/m0/s1. The predicted octanol–water partition coefficient (Wildman–Crippen LogP) is 0.733. The van der Waals surface area contributed by atoms with Gasteiger partial charge in [0.2, 0.25) is 0 Å². The van der Waals surface area contributed by atoms with Gasteiger partial charge in [-0.3, -0.25) is 4.79 Å². The predicted molar refractivity (Wildman–Crippen MR) is 232 cm³/mol. The Hall–Kier alpha value is -2.45. The molecule has 18 heteroatoms. The molecule has 4 saturated carbocycles. The van der Waals surface area contributed by atoms with Gasteiger partial charge < -0.3 is 79.2 Å². The number of aliphatic hydroxyl groups excluding tert-OH is 8. The Labute approximate surface area is 391 Å². The molecule has 0 spiro atoms. The lowest BCUT2D eigenvalue weighted by molar-refractivity contribution is -0.394. The van der Waals surface area contributed by atoms with Gasteiger partial charge in [0.25, 0.3) is 0 Å². The van der Waals surface area contributed by atoms with Gasteiger partial charge in [0.05, 0.1) is 24.2 Å². The minimum Gasteiger partial charge on any atom is -0.479 e. The quantitative estimate of drug-likeness (QED) is 0.0632. The number of rotatable bonds is 10. The highest BCUT2D eigenvalue weighted by Crippen LogP contribution is 2.72. The van der Waals surface area contributed by atoms with Crippen LogP contribution in [0.25, 0.3) is 0 Å². The minimum absolute atomic E-state index is 0.0637. The number of aliphatic carboxylic acids is 1. The van der Waals surface area contributed by atoms with Crippen molar-refractivity contribution in [2.24, 2.45) is 50.7 Å². The van der Waals surface area contributed by atoms with Gasteiger partial charge in [-0.1, -0.05) is 32.4 Å². The van der Waals surface area contributed by atoms with Gasteiger partial charge in [0, 0.05) is 10.8 Å². The van der Waals surface area contributed by atoms with Gasteiger partial charge in [-0.25, -0.2) is 4.79 Å². The molecule has 3 saturated heterocycles. The van der Waals surface area contributed by atoms with Crippen molar-refractivity contribution in [3.8, 4) is 12.3 Å². The summed E-state index contributed by atoms with van der Waals surface area (Å²) < 4.78 is 36.3. The molecule has 0 bridgehead atoms. The summed E-state index contributed by atoms with van der Waals surface area (Å²) in [5, 5.41) is 96.3. The first-order valence-electron chi connectivity index (χ1n) is 24.1. The van der Waals surface area contributed by atoms with Crippen LogP contribution in [-0.2, 0) is 42.8 Å². The molecule has 18 nitrogen and oxygen atoms in total. The molecule has 376 valence electrons. The molecule has 0 radical (unpaired) electrons. The zero-order chi connectivity index (χ0) is 48.9. The van der Waals surface area contributed by atoms with Crippen LogP contribution in [0.3, 0.4) is 0 Å². The zero-order valence-corrected chi connectivity index (χ0v) is 39.3. The molecule has 0 amide bonds. The number of hydrogen-bond donors (Lipinski definition) is 9. The highest BCUT2D eigenvalue weighted by molar-refractivity contribution is 5.84. The molecule has 0 aromatic carbocycles. The number of carboxylic acids is 1. The van der Waals surface area contributed by atoms with Gasteiger partial charge in [0.1, 0.15) is 73.1 Å². The highest BCUT2D eigenvalue weighted by atomic mass is 16.8. The summed E-state index contributed by atoms with van der Waals surface area (Å²) >= 11 is 0. The molecular weight excluding hydrogens is 877 g/mol. The van der Waals surface area contributed by atoms with Crippen LogP contribution in [0.5, 0.6) is 0 Å². The van der Waals surface area contributed by atoms with Gasteiger partial charge >= 0.3 is 5.97 Å². The van der Waals surface area contributed by atoms with Gasteiger partial charge in [-0.2, -0.15) is 0 Å². The number of hydrogen-bond acceptors (Lipinski definition) is 17. The van der Waals surface area contributed by atoms with Crippen molar-refractivity contribution in [2.75, 3.05) is 6.61 Å². The molecule has 3 unspecified atom stereocenters. The first kappa shape index (κ1) is 50.9. The molecule has 25 atom stereocenters. The first-order chi connectivity index (χ1) is 31.4. The summed E-state index contributed by atoms with van der Waals surface area (Å²) in [6, 6.07) is 0. The second-order valence-electron chi connectivity index (χ2n) is 22.3. The number of ether oxygens (including phenoxy) is 6. The summed E-state index contributed by atoms with van der Waals surface area (Å²) in [6.07, 6.45) is -11.4. The lowest BCUT2D eigenvalue weighted by Crippen LogP contribution is -2.68. The molecular formula is C49H72O18. The lowest BCUT2D eigenvalue weighted by atomic mass is 9.37. The van der Waals surface area contributed by atoms with E-state index in [1.807, 2.05) is 6.92 Å². The summed E-state index contributed by atoms with van der Waals surface area (Å²) in [4.78, 5) is 40.1. The first-order valence-corrected chi connectivity index (χ1v) is 24.1. The third kappa shape index (κ3) is 8.09. The van der Waals surface area contributed by atoms with Crippen LogP contribution in [0.2, 0.25) is 0 Å². The number of allylic oxidation sites excluding steroid dienone is 2. The number of carbonyl (C=O) groups is 3. The molecule has 5 aliphatic carbocycles. The van der Waals surface area contributed by atoms with Crippen molar-refractivity contribution in [2.45, 2.75) is 204 Å². The summed E-state index contributed by atoms with van der Waals surface area (Å²) in [5.74, 6) is 1.84. The van der Waals surface area contributed by atoms with Gasteiger partial charge in [-0.05, 0) is 119 Å². The summed E-state index contributed by atoms with van der Waals surface area (Å²) in [5.41, 5.74) is -1.13. The second-order valence-corrected chi connectivity index (χ2v) is 22.3. The highest BCUT2D eigenvalue weighted by Gasteiger charge is 2.67. The molecule has 8 rings (SSSR count). The fraction of sp³-hybridized carbons (Fsp3) is 0.857. The van der Waals surface area contributed by atoms with Crippen molar-refractivity contribution < 1.29 is 88.8 Å². The molecule has 3 aliphatic heterocycles. The van der Waals surface area contributed by atoms with Gasteiger partial charge in [-0.15, -0.1) is 12.3 Å².